The first-order valence-electron chi connectivity index (χ1n) is 9.23. The molecule has 0 fully saturated rings. The highest BCUT2D eigenvalue weighted by Gasteiger charge is 2.11. The van der Waals surface area contributed by atoms with E-state index >= 15 is 0 Å². The van der Waals surface area contributed by atoms with Gasteiger partial charge in [-0.05, 0) is 41.0 Å². The number of nitro groups is 1. The van der Waals surface area contributed by atoms with E-state index in [9.17, 15) is 19.3 Å². The van der Waals surface area contributed by atoms with Crippen LogP contribution in [0, 0.1) is 15.9 Å². The molecule has 0 aromatic heterocycles. The summed E-state index contributed by atoms with van der Waals surface area (Å²) in [6.45, 7) is 0.0357. The lowest BCUT2D eigenvalue weighted by Crippen LogP contribution is -2.19. The standard InChI is InChI=1S/C22H16Cl2FN3O4/c23-19-9-16(12-26-27-21(29)11-14-4-6-17(25)7-5-14)10-20(24)22(19)32-13-15-2-1-3-18(8-15)28(30)31/h1-10,12H,11,13H2,(H,27,29)/b26-12+. The molecule has 0 radical (unpaired) electrons. The van der Waals surface area contributed by atoms with Crippen molar-refractivity contribution in [2.24, 2.45) is 5.10 Å². The SMILES string of the molecule is O=C(Cc1ccc(F)cc1)N/N=C/c1cc(Cl)c(OCc2cccc([N+](=O)[O-])c2)c(Cl)c1. The Hall–Kier alpha value is -3.49. The smallest absolute Gasteiger partial charge is 0.269 e. The van der Waals surface area contributed by atoms with E-state index < -0.39 is 4.92 Å². The normalized spacial score (nSPS) is 10.8. The molecule has 10 heteroatoms. The van der Waals surface area contributed by atoms with Gasteiger partial charge < -0.3 is 4.74 Å². The van der Waals surface area contributed by atoms with Gasteiger partial charge in [-0.1, -0.05) is 47.5 Å². The first kappa shape index (κ1) is 23.2. The first-order chi connectivity index (χ1) is 15.3. The van der Waals surface area contributed by atoms with Crippen molar-refractivity contribution in [3.05, 3.63) is 103 Å². The van der Waals surface area contributed by atoms with Crippen LogP contribution >= 0.6 is 23.2 Å². The third-order valence-corrected chi connectivity index (χ3v) is 4.77. The largest absolute Gasteiger partial charge is 0.486 e. The van der Waals surface area contributed by atoms with Crippen LogP contribution in [0.3, 0.4) is 0 Å². The number of hydrazone groups is 1. The van der Waals surface area contributed by atoms with Gasteiger partial charge in [0.15, 0.2) is 5.75 Å². The molecule has 32 heavy (non-hydrogen) atoms. The van der Waals surface area contributed by atoms with Gasteiger partial charge in [-0.3, -0.25) is 14.9 Å². The van der Waals surface area contributed by atoms with E-state index in [0.717, 1.165) is 0 Å². The van der Waals surface area contributed by atoms with E-state index in [1.165, 1.54) is 42.6 Å². The molecule has 0 aliphatic carbocycles. The summed E-state index contributed by atoms with van der Waals surface area (Å²) in [5.41, 5.74) is 4.08. The Kier molecular flexibility index (Phi) is 7.75. The topological polar surface area (TPSA) is 93.8 Å². The molecule has 0 saturated heterocycles. The summed E-state index contributed by atoms with van der Waals surface area (Å²) in [4.78, 5) is 22.3. The van der Waals surface area contributed by atoms with Crippen molar-refractivity contribution in [2.75, 3.05) is 0 Å². The summed E-state index contributed by atoms with van der Waals surface area (Å²) in [6.07, 6.45) is 1.41. The summed E-state index contributed by atoms with van der Waals surface area (Å²) in [5.74, 6) is -0.530. The predicted octanol–water partition coefficient (Wildman–Crippen LogP) is 5.31. The first-order valence-corrected chi connectivity index (χ1v) is 9.99. The maximum Gasteiger partial charge on any atom is 0.269 e. The van der Waals surface area contributed by atoms with Crippen molar-refractivity contribution >= 4 is 41.0 Å². The number of rotatable bonds is 8. The highest BCUT2D eigenvalue weighted by atomic mass is 35.5. The van der Waals surface area contributed by atoms with Crippen LogP contribution in [0.4, 0.5) is 10.1 Å². The molecule has 0 bridgehead atoms. The average Bonchev–Trinajstić information content (AvgIpc) is 2.75. The Balaban J connectivity index is 1.59. The molecule has 0 unspecified atom stereocenters. The molecule has 1 amide bonds. The molecule has 0 heterocycles. The van der Waals surface area contributed by atoms with Crippen molar-refractivity contribution in [2.45, 2.75) is 13.0 Å². The number of nitrogens with one attached hydrogen (secondary N) is 1. The molecule has 164 valence electrons. The number of nitrogens with zero attached hydrogens (tertiary/aromatic N) is 2. The fourth-order valence-corrected chi connectivity index (χ4v) is 3.33. The number of benzene rings is 3. The molecule has 3 rings (SSSR count). The van der Waals surface area contributed by atoms with E-state index in [2.05, 4.69) is 10.5 Å². The van der Waals surface area contributed by atoms with Crippen LogP contribution in [-0.4, -0.2) is 17.0 Å². The monoisotopic (exact) mass is 475 g/mol. The number of nitro benzene ring substituents is 1. The molecule has 1 N–H and O–H groups in total. The summed E-state index contributed by atoms with van der Waals surface area (Å²) in [7, 11) is 0. The number of carbonyl (C=O) groups is 1. The van der Waals surface area contributed by atoms with Gasteiger partial charge in [-0.2, -0.15) is 5.10 Å². The molecule has 3 aromatic carbocycles. The summed E-state index contributed by atoms with van der Waals surface area (Å²) >= 11 is 12.5. The van der Waals surface area contributed by atoms with Gasteiger partial charge in [0.25, 0.3) is 5.69 Å². The van der Waals surface area contributed by atoms with Gasteiger partial charge >= 0.3 is 0 Å². The number of hydrogen-bond donors (Lipinski definition) is 1. The third kappa shape index (κ3) is 6.50. The summed E-state index contributed by atoms with van der Waals surface area (Å²) < 4.78 is 18.5. The highest BCUT2D eigenvalue weighted by molar-refractivity contribution is 6.37. The molecule has 0 saturated carbocycles. The Morgan fingerprint density at radius 3 is 2.44 bits per heavy atom. The second-order valence-corrected chi connectivity index (χ2v) is 7.44. The van der Waals surface area contributed by atoms with Crippen molar-refractivity contribution < 1.29 is 18.8 Å². The minimum absolute atomic E-state index is 0.0357. The zero-order valence-corrected chi connectivity index (χ0v) is 17.9. The highest BCUT2D eigenvalue weighted by Crippen LogP contribution is 2.34. The number of halogens is 3. The molecule has 0 aliphatic heterocycles. The van der Waals surface area contributed by atoms with Gasteiger partial charge in [0.05, 0.1) is 27.6 Å². The Bertz CT molecular complexity index is 1150. The van der Waals surface area contributed by atoms with Crippen LogP contribution in [0.15, 0.2) is 65.8 Å². The molecular formula is C22H16Cl2FN3O4. The quantitative estimate of drug-likeness (QED) is 0.271. The molecule has 3 aromatic rings. The van der Waals surface area contributed by atoms with Gasteiger partial charge in [0.1, 0.15) is 12.4 Å². The molecular weight excluding hydrogens is 460 g/mol. The van der Waals surface area contributed by atoms with Crippen LogP contribution in [-0.2, 0) is 17.8 Å². The zero-order chi connectivity index (χ0) is 23.1. The van der Waals surface area contributed by atoms with Crippen LogP contribution in [0.1, 0.15) is 16.7 Å². The van der Waals surface area contributed by atoms with Crippen LogP contribution in [0.5, 0.6) is 5.75 Å². The third-order valence-electron chi connectivity index (χ3n) is 4.21. The van der Waals surface area contributed by atoms with E-state index in [1.54, 1.807) is 24.3 Å². The van der Waals surface area contributed by atoms with E-state index in [-0.39, 0.29) is 46.2 Å². The number of amides is 1. The van der Waals surface area contributed by atoms with Crippen LogP contribution in [0.25, 0.3) is 0 Å². The molecule has 7 nitrogen and oxygen atoms in total. The van der Waals surface area contributed by atoms with Crippen molar-refractivity contribution in [1.29, 1.82) is 0 Å². The second-order valence-electron chi connectivity index (χ2n) is 6.63. The zero-order valence-electron chi connectivity index (χ0n) is 16.4. The predicted molar refractivity (Wildman–Crippen MR) is 120 cm³/mol. The Morgan fingerprint density at radius 1 is 1.09 bits per heavy atom. The number of non-ortho nitro benzene ring substituents is 1. The summed E-state index contributed by atoms with van der Waals surface area (Å²) in [6, 6.07) is 14.7. The second kappa shape index (κ2) is 10.7. The average molecular weight is 476 g/mol. The summed E-state index contributed by atoms with van der Waals surface area (Å²) in [5, 5.41) is 15.2. The van der Waals surface area contributed by atoms with Gasteiger partial charge in [0, 0.05) is 12.1 Å². The maximum atomic E-state index is 12.9. The minimum atomic E-state index is -0.490. The van der Waals surface area contributed by atoms with Crippen LogP contribution < -0.4 is 10.2 Å². The number of hydrogen-bond acceptors (Lipinski definition) is 5. The van der Waals surface area contributed by atoms with Gasteiger partial charge in [0.2, 0.25) is 5.91 Å². The lowest BCUT2D eigenvalue weighted by atomic mass is 10.1. The Labute approximate surface area is 192 Å². The van der Waals surface area contributed by atoms with Crippen molar-refractivity contribution in [3.8, 4) is 5.75 Å². The lowest BCUT2D eigenvalue weighted by Gasteiger charge is -2.11. The van der Waals surface area contributed by atoms with Crippen LogP contribution in [0.2, 0.25) is 10.0 Å². The fourth-order valence-electron chi connectivity index (χ4n) is 2.71. The van der Waals surface area contributed by atoms with Crippen molar-refractivity contribution in [1.82, 2.24) is 5.43 Å². The number of ether oxygens (including phenoxy) is 1. The van der Waals surface area contributed by atoms with E-state index in [4.69, 9.17) is 27.9 Å². The fraction of sp³-hybridized carbons (Fsp3) is 0.0909. The van der Waals surface area contributed by atoms with Crippen molar-refractivity contribution in [3.63, 3.8) is 0 Å². The number of carbonyl (C=O) groups excluding carboxylic acids is 1. The maximum absolute atomic E-state index is 12.9. The molecule has 0 spiro atoms. The minimum Gasteiger partial charge on any atom is -0.486 e. The van der Waals surface area contributed by atoms with Gasteiger partial charge in [-0.15, -0.1) is 0 Å². The molecule has 0 atom stereocenters. The Morgan fingerprint density at radius 2 is 1.78 bits per heavy atom. The lowest BCUT2D eigenvalue weighted by molar-refractivity contribution is -0.384. The molecule has 0 aliphatic rings. The van der Waals surface area contributed by atoms with E-state index in [1.807, 2.05) is 0 Å². The van der Waals surface area contributed by atoms with E-state index in [0.29, 0.717) is 16.7 Å². The van der Waals surface area contributed by atoms with Gasteiger partial charge in [-0.25, -0.2) is 9.82 Å².